The summed E-state index contributed by atoms with van der Waals surface area (Å²) in [6.45, 7) is 1.85. The molecule has 1 atom stereocenters. The lowest BCUT2D eigenvalue weighted by atomic mass is 10.1. The Morgan fingerprint density at radius 1 is 0.903 bits per heavy atom. The molecule has 1 aliphatic rings. The summed E-state index contributed by atoms with van der Waals surface area (Å²) < 4.78 is 32.3. The summed E-state index contributed by atoms with van der Waals surface area (Å²) >= 11 is 0. The number of hydrogen-bond donors (Lipinski definition) is 1. The molecule has 0 aromatic heterocycles. The maximum absolute atomic E-state index is 13.5. The third-order valence-electron chi connectivity index (χ3n) is 5.25. The van der Waals surface area contributed by atoms with Gasteiger partial charge in [0, 0.05) is 5.69 Å². The SMILES string of the molecule is COc1ccc(N2C(=O)C(O)=C(S(=O)(=O)c3ccc(C)cc3)C2c2ccccc2)cc1. The van der Waals surface area contributed by atoms with E-state index in [4.69, 9.17) is 4.74 Å². The minimum atomic E-state index is -4.15. The number of rotatable bonds is 5. The number of anilines is 1. The van der Waals surface area contributed by atoms with Gasteiger partial charge >= 0.3 is 0 Å². The minimum Gasteiger partial charge on any atom is -0.502 e. The first-order valence-corrected chi connectivity index (χ1v) is 11.1. The van der Waals surface area contributed by atoms with Gasteiger partial charge < -0.3 is 9.84 Å². The molecule has 0 radical (unpaired) electrons. The normalized spacial score (nSPS) is 16.6. The number of benzene rings is 3. The molecule has 0 saturated carbocycles. The molecule has 0 spiro atoms. The molecule has 0 fully saturated rings. The van der Waals surface area contributed by atoms with Gasteiger partial charge in [0.25, 0.3) is 5.91 Å². The molecule has 1 N–H and O–H groups in total. The molecule has 1 aliphatic heterocycles. The van der Waals surface area contributed by atoms with E-state index < -0.39 is 27.5 Å². The Morgan fingerprint density at radius 3 is 2.10 bits per heavy atom. The highest BCUT2D eigenvalue weighted by Crippen LogP contribution is 2.44. The number of amides is 1. The third kappa shape index (κ3) is 3.57. The van der Waals surface area contributed by atoms with Gasteiger partial charge in [-0.1, -0.05) is 48.0 Å². The van der Waals surface area contributed by atoms with E-state index in [2.05, 4.69) is 0 Å². The molecule has 1 heterocycles. The Balaban J connectivity index is 1.90. The molecular weight excluding hydrogens is 414 g/mol. The van der Waals surface area contributed by atoms with Crippen molar-refractivity contribution in [2.75, 3.05) is 12.0 Å². The van der Waals surface area contributed by atoms with Crippen LogP contribution in [0.1, 0.15) is 17.2 Å². The number of aryl methyl sites for hydroxylation is 1. The monoisotopic (exact) mass is 435 g/mol. The number of aliphatic hydroxyl groups is 1. The number of ether oxygens (including phenoxy) is 1. The van der Waals surface area contributed by atoms with E-state index in [1.165, 1.54) is 24.1 Å². The van der Waals surface area contributed by atoms with Gasteiger partial charge in [0.15, 0.2) is 5.76 Å². The number of carbonyl (C=O) groups is 1. The van der Waals surface area contributed by atoms with Crippen molar-refractivity contribution in [3.8, 4) is 5.75 Å². The number of nitrogens with zero attached hydrogens (tertiary/aromatic N) is 1. The summed E-state index contributed by atoms with van der Waals surface area (Å²) in [6, 6.07) is 20.8. The quantitative estimate of drug-likeness (QED) is 0.645. The summed E-state index contributed by atoms with van der Waals surface area (Å²) in [5.41, 5.74) is 1.92. The maximum atomic E-state index is 13.5. The van der Waals surface area contributed by atoms with Crippen LogP contribution in [0.25, 0.3) is 0 Å². The lowest BCUT2D eigenvalue weighted by molar-refractivity contribution is -0.117. The van der Waals surface area contributed by atoms with Crippen LogP contribution in [0.5, 0.6) is 5.75 Å². The van der Waals surface area contributed by atoms with Crippen LogP contribution in [0.15, 0.2) is 94.4 Å². The zero-order chi connectivity index (χ0) is 22.2. The highest BCUT2D eigenvalue weighted by molar-refractivity contribution is 7.95. The average molecular weight is 436 g/mol. The van der Waals surface area contributed by atoms with Crippen molar-refractivity contribution in [1.82, 2.24) is 0 Å². The summed E-state index contributed by atoms with van der Waals surface area (Å²) in [5, 5.41) is 10.8. The van der Waals surface area contributed by atoms with Gasteiger partial charge in [-0.25, -0.2) is 8.42 Å². The molecule has 0 bridgehead atoms. The summed E-state index contributed by atoms with van der Waals surface area (Å²) in [6.07, 6.45) is 0. The first-order valence-electron chi connectivity index (χ1n) is 9.62. The first-order chi connectivity index (χ1) is 14.8. The van der Waals surface area contributed by atoms with Crippen molar-refractivity contribution in [2.24, 2.45) is 0 Å². The Kier molecular flexibility index (Phi) is 5.29. The fourth-order valence-electron chi connectivity index (χ4n) is 3.65. The number of hydrogen-bond acceptors (Lipinski definition) is 5. The molecule has 3 aromatic carbocycles. The van der Waals surface area contributed by atoms with Crippen molar-refractivity contribution in [3.63, 3.8) is 0 Å². The van der Waals surface area contributed by atoms with Crippen LogP contribution in [0.2, 0.25) is 0 Å². The van der Waals surface area contributed by atoms with E-state index in [9.17, 15) is 18.3 Å². The van der Waals surface area contributed by atoms with Gasteiger partial charge in [-0.3, -0.25) is 9.69 Å². The van der Waals surface area contributed by atoms with E-state index in [0.29, 0.717) is 17.0 Å². The Bertz CT molecular complexity index is 1250. The standard InChI is InChI=1S/C24H21NO5S/c1-16-8-14-20(15-9-16)31(28,29)23-21(17-6-4-3-5-7-17)25(24(27)22(23)26)18-10-12-19(30-2)13-11-18/h3-15,21,26H,1-2H3. The van der Waals surface area contributed by atoms with E-state index in [0.717, 1.165) is 5.56 Å². The van der Waals surface area contributed by atoms with Gasteiger partial charge in [0.1, 0.15) is 16.7 Å². The minimum absolute atomic E-state index is 0.0185. The van der Waals surface area contributed by atoms with Crippen LogP contribution in [0.3, 0.4) is 0 Å². The van der Waals surface area contributed by atoms with Gasteiger partial charge in [0.2, 0.25) is 9.84 Å². The highest BCUT2D eigenvalue weighted by Gasteiger charge is 2.47. The van der Waals surface area contributed by atoms with Crippen molar-refractivity contribution in [1.29, 1.82) is 0 Å². The van der Waals surface area contributed by atoms with Crippen molar-refractivity contribution >= 4 is 21.4 Å². The molecule has 4 rings (SSSR count). The van der Waals surface area contributed by atoms with Crippen LogP contribution in [-0.2, 0) is 14.6 Å². The van der Waals surface area contributed by atoms with Crippen molar-refractivity contribution in [3.05, 3.63) is 101 Å². The van der Waals surface area contributed by atoms with E-state index in [-0.39, 0.29) is 9.80 Å². The number of aliphatic hydroxyl groups excluding tert-OH is 1. The van der Waals surface area contributed by atoms with E-state index in [1.807, 2.05) is 6.92 Å². The molecule has 31 heavy (non-hydrogen) atoms. The van der Waals surface area contributed by atoms with Crippen LogP contribution in [0.4, 0.5) is 5.69 Å². The van der Waals surface area contributed by atoms with Gasteiger partial charge in [-0.2, -0.15) is 0 Å². The predicted octanol–water partition coefficient (Wildman–Crippen LogP) is 4.34. The molecule has 0 aliphatic carbocycles. The fourth-order valence-corrected chi connectivity index (χ4v) is 5.27. The molecule has 6 nitrogen and oxygen atoms in total. The second-order valence-corrected chi connectivity index (χ2v) is 9.13. The van der Waals surface area contributed by atoms with Gasteiger partial charge in [0.05, 0.1) is 12.0 Å². The summed E-state index contributed by atoms with van der Waals surface area (Å²) in [4.78, 5) is 14.1. The van der Waals surface area contributed by atoms with Crippen LogP contribution >= 0.6 is 0 Å². The van der Waals surface area contributed by atoms with Crippen LogP contribution in [-0.4, -0.2) is 26.5 Å². The molecule has 158 valence electrons. The number of carbonyl (C=O) groups excluding carboxylic acids is 1. The van der Waals surface area contributed by atoms with Gasteiger partial charge in [-0.05, 0) is 48.9 Å². The zero-order valence-electron chi connectivity index (χ0n) is 17.0. The first kappa shape index (κ1) is 20.7. The highest BCUT2D eigenvalue weighted by atomic mass is 32.2. The molecule has 7 heteroatoms. The molecule has 0 saturated heterocycles. The number of sulfone groups is 1. The van der Waals surface area contributed by atoms with E-state index in [1.54, 1.807) is 66.7 Å². The Hall–Kier alpha value is -3.58. The largest absolute Gasteiger partial charge is 0.502 e. The second kappa shape index (κ2) is 7.92. The molecule has 3 aromatic rings. The fraction of sp³-hybridized carbons (Fsp3) is 0.125. The van der Waals surface area contributed by atoms with E-state index >= 15 is 0 Å². The van der Waals surface area contributed by atoms with Crippen molar-refractivity contribution in [2.45, 2.75) is 17.9 Å². The van der Waals surface area contributed by atoms with Crippen molar-refractivity contribution < 1.29 is 23.1 Å². The van der Waals surface area contributed by atoms with Crippen LogP contribution in [0, 0.1) is 6.92 Å². The molecular formula is C24H21NO5S. The van der Waals surface area contributed by atoms with Crippen LogP contribution < -0.4 is 9.64 Å². The maximum Gasteiger partial charge on any atom is 0.295 e. The zero-order valence-corrected chi connectivity index (χ0v) is 17.8. The lowest BCUT2D eigenvalue weighted by Gasteiger charge is -2.27. The second-order valence-electron chi connectivity index (χ2n) is 7.22. The topological polar surface area (TPSA) is 83.9 Å². The molecule has 1 unspecified atom stereocenters. The predicted molar refractivity (Wildman–Crippen MR) is 118 cm³/mol. The Morgan fingerprint density at radius 2 is 1.52 bits per heavy atom. The Labute approximate surface area is 180 Å². The average Bonchev–Trinajstić information content (AvgIpc) is 3.06. The summed E-state index contributed by atoms with van der Waals surface area (Å²) in [7, 11) is -2.62. The number of methoxy groups -OCH3 is 1. The smallest absolute Gasteiger partial charge is 0.295 e. The third-order valence-corrected chi connectivity index (χ3v) is 7.14. The molecule has 1 amide bonds. The lowest BCUT2D eigenvalue weighted by Crippen LogP contribution is -2.31. The van der Waals surface area contributed by atoms with Gasteiger partial charge in [-0.15, -0.1) is 0 Å². The summed E-state index contributed by atoms with van der Waals surface area (Å²) in [5.74, 6) is -0.953.